The third kappa shape index (κ3) is 3.33. The van der Waals surface area contributed by atoms with Gasteiger partial charge in [-0.3, -0.25) is 4.79 Å². The number of rotatable bonds is 4. The number of carbonyl (C=O) groups is 2. The van der Waals surface area contributed by atoms with E-state index in [2.05, 4.69) is 15.3 Å². The van der Waals surface area contributed by atoms with Gasteiger partial charge in [-0.15, -0.1) is 0 Å². The molecule has 8 heteroatoms. The molecule has 0 fully saturated rings. The van der Waals surface area contributed by atoms with E-state index in [9.17, 15) is 9.59 Å². The Morgan fingerprint density at radius 3 is 2.61 bits per heavy atom. The zero-order chi connectivity index (χ0) is 13.9. The molecule has 1 heterocycles. The highest BCUT2D eigenvalue weighted by Crippen LogP contribution is 2.17. The minimum atomic E-state index is -1.40. The first-order valence-corrected chi connectivity index (χ1v) is 6.50. The largest absolute Gasteiger partial charge is 0.480 e. The predicted molar refractivity (Wildman–Crippen MR) is 68.0 cm³/mol. The van der Waals surface area contributed by atoms with E-state index in [1.165, 1.54) is 31.8 Å². The number of aliphatic carboxylic acids is 1. The molecule has 18 heavy (non-hydrogen) atoms. The second kappa shape index (κ2) is 5.53. The van der Waals surface area contributed by atoms with Crippen molar-refractivity contribution in [1.82, 2.24) is 15.3 Å². The highest BCUT2D eigenvalue weighted by Gasteiger charge is 2.30. The summed E-state index contributed by atoms with van der Waals surface area (Å²) in [5, 5.41) is 11.7. The number of carboxylic acid groups (broad SMARTS) is 1. The molecule has 1 amide bonds. The molecule has 0 atom stereocenters. The van der Waals surface area contributed by atoms with Crippen molar-refractivity contribution in [2.75, 3.05) is 6.26 Å². The maximum atomic E-state index is 11.9. The summed E-state index contributed by atoms with van der Waals surface area (Å²) in [6, 6.07) is 0. The number of nitrogens with zero attached hydrogens (tertiary/aromatic N) is 2. The van der Waals surface area contributed by atoms with Crippen molar-refractivity contribution in [2.24, 2.45) is 0 Å². The van der Waals surface area contributed by atoms with E-state index < -0.39 is 17.4 Å². The monoisotopic (exact) mass is 289 g/mol. The van der Waals surface area contributed by atoms with E-state index in [1.54, 1.807) is 6.26 Å². The molecule has 1 rings (SSSR count). The van der Waals surface area contributed by atoms with Crippen LogP contribution in [0.4, 0.5) is 0 Å². The molecule has 0 aliphatic heterocycles. The number of carboxylic acids is 1. The lowest BCUT2D eigenvalue weighted by atomic mass is 10.1. The standard InChI is InChI=1S/C10H12ClN3O3S/c1-10(2,8(16)17)14-7(15)6-5(11)4-12-9(13-6)18-3/h4H,1-3H3,(H,14,15)(H,16,17). The molecule has 1 aromatic heterocycles. The molecule has 98 valence electrons. The molecule has 0 spiro atoms. The van der Waals surface area contributed by atoms with Crippen molar-refractivity contribution < 1.29 is 14.7 Å². The Hall–Kier alpha value is -1.34. The fourth-order valence-corrected chi connectivity index (χ4v) is 1.52. The molecule has 0 saturated heterocycles. The quantitative estimate of drug-likeness (QED) is 0.644. The van der Waals surface area contributed by atoms with Gasteiger partial charge in [0.2, 0.25) is 0 Å². The average molecular weight is 290 g/mol. The van der Waals surface area contributed by atoms with Gasteiger partial charge >= 0.3 is 5.97 Å². The first kappa shape index (κ1) is 14.7. The molecular weight excluding hydrogens is 278 g/mol. The van der Waals surface area contributed by atoms with Crippen molar-refractivity contribution >= 4 is 35.2 Å². The van der Waals surface area contributed by atoms with Crippen LogP contribution in [0, 0.1) is 0 Å². The van der Waals surface area contributed by atoms with Crippen molar-refractivity contribution in [1.29, 1.82) is 0 Å². The third-order valence-corrected chi connectivity index (χ3v) is 2.92. The number of aromatic nitrogens is 2. The molecule has 0 radical (unpaired) electrons. The number of hydrogen-bond acceptors (Lipinski definition) is 5. The molecule has 6 nitrogen and oxygen atoms in total. The smallest absolute Gasteiger partial charge is 0.328 e. The first-order valence-electron chi connectivity index (χ1n) is 4.90. The predicted octanol–water partition coefficient (Wildman–Crippen LogP) is 1.44. The SMILES string of the molecule is CSc1ncc(Cl)c(C(=O)NC(C)(C)C(=O)O)n1. The highest BCUT2D eigenvalue weighted by molar-refractivity contribution is 7.98. The Morgan fingerprint density at radius 1 is 1.50 bits per heavy atom. The molecule has 0 saturated carbocycles. The van der Waals surface area contributed by atoms with Crippen LogP contribution in [0.1, 0.15) is 24.3 Å². The first-order chi connectivity index (χ1) is 8.27. The van der Waals surface area contributed by atoms with Gasteiger partial charge in [0.1, 0.15) is 5.54 Å². The Morgan fingerprint density at radius 2 is 2.11 bits per heavy atom. The molecule has 1 aromatic rings. The Bertz CT molecular complexity index is 493. The van der Waals surface area contributed by atoms with E-state index in [0.717, 1.165) is 0 Å². The maximum Gasteiger partial charge on any atom is 0.328 e. The molecule has 0 bridgehead atoms. The van der Waals surface area contributed by atoms with Gasteiger partial charge in [-0.25, -0.2) is 14.8 Å². The number of thioether (sulfide) groups is 1. The molecular formula is C10H12ClN3O3S. The summed E-state index contributed by atoms with van der Waals surface area (Å²) in [7, 11) is 0. The third-order valence-electron chi connectivity index (χ3n) is 2.08. The van der Waals surface area contributed by atoms with Gasteiger partial charge in [0.15, 0.2) is 10.9 Å². The molecule has 0 unspecified atom stereocenters. The van der Waals surface area contributed by atoms with Gasteiger partial charge in [0.05, 0.1) is 11.2 Å². The molecule has 0 aliphatic rings. The average Bonchev–Trinajstić information content (AvgIpc) is 2.28. The Balaban J connectivity index is 3.01. The molecule has 0 aliphatic carbocycles. The summed E-state index contributed by atoms with van der Waals surface area (Å²) in [6.07, 6.45) is 3.06. The lowest BCUT2D eigenvalue weighted by Crippen LogP contribution is -2.49. The number of hydrogen-bond donors (Lipinski definition) is 2. The lowest BCUT2D eigenvalue weighted by molar-refractivity contribution is -0.143. The van der Waals surface area contributed by atoms with E-state index in [-0.39, 0.29) is 10.7 Å². The minimum absolute atomic E-state index is 0.0367. The van der Waals surface area contributed by atoms with E-state index >= 15 is 0 Å². The number of halogens is 1. The van der Waals surface area contributed by atoms with Crippen LogP contribution in [0.2, 0.25) is 5.02 Å². The zero-order valence-electron chi connectivity index (χ0n) is 10.0. The number of amides is 1. The van der Waals surface area contributed by atoms with Crippen LogP contribution in [-0.4, -0.2) is 38.7 Å². The summed E-state index contributed by atoms with van der Waals surface area (Å²) in [4.78, 5) is 30.7. The molecule has 0 aromatic carbocycles. The lowest BCUT2D eigenvalue weighted by Gasteiger charge is -2.20. The van der Waals surface area contributed by atoms with Gasteiger partial charge in [-0.2, -0.15) is 0 Å². The second-order valence-electron chi connectivity index (χ2n) is 3.94. The van der Waals surface area contributed by atoms with Gasteiger partial charge < -0.3 is 10.4 Å². The van der Waals surface area contributed by atoms with Crippen LogP contribution in [0.5, 0.6) is 0 Å². The van der Waals surface area contributed by atoms with Gasteiger partial charge in [-0.1, -0.05) is 23.4 Å². The van der Waals surface area contributed by atoms with Crippen molar-refractivity contribution in [3.63, 3.8) is 0 Å². The minimum Gasteiger partial charge on any atom is -0.480 e. The number of carbonyl (C=O) groups excluding carboxylic acids is 1. The summed E-state index contributed by atoms with van der Waals surface area (Å²) < 4.78 is 0. The number of nitrogens with one attached hydrogen (secondary N) is 1. The van der Waals surface area contributed by atoms with Crippen LogP contribution in [-0.2, 0) is 4.79 Å². The topological polar surface area (TPSA) is 92.2 Å². The van der Waals surface area contributed by atoms with Gasteiger partial charge in [0.25, 0.3) is 5.91 Å². The van der Waals surface area contributed by atoms with Crippen molar-refractivity contribution in [3.05, 3.63) is 16.9 Å². The summed E-state index contributed by atoms with van der Waals surface area (Å²) >= 11 is 7.07. The maximum absolute atomic E-state index is 11.9. The fraction of sp³-hybridized carbons (Fsp3) is 0.400. The van der Waals surface area contributed by atoms with Crippen LogP contribution < -0.4 is 5.32 Å². The van der Waals surface area contributed by atoms with E-state index in [4.69, 9.17) is 16.7 Å². The highest BCUT2D eigenvalue weighted by atomic mass is 35.5. The summed E-state index contributed by atoms with van der Waals surface area (Å²) in [5.74, 6) is -1.80. The van der Waals surface area contributed by atoms with Crippen LogP contribution in [0.3, 0.4) is 0 Å². The van der Waals surface area contributed by atoms with Crippen molar-refractivity contribution in [3.8, 4) is 0 Å². The Labute approximate surface area is 113 Å². The summed E-state index contributed by atoms with van der Waals surface area (Å²) in [5.41, 5.74) is -1.43. The summed E-state index contributed by atoms with van der Waals surface area (Å²) in [6.45, 7) is 2.75. The zero-order valence-corrected chi connectivity index (χ0v) is 11.6. The van der Waals surface area contributed by atoms with Gasteiger partial charge in [-0.05, 0) is 20.1 Å². The molecule has 2 N–H and O–H groups in total. The van der Waals surface area contributed by atoms with Crippen LogP contribution >= 0.6 is 23.4 Å². The van der Waals surface area contributed by atoms with Crippen LogP contribution in [0.15, 0.2) is 11.4 Å². The van der Waals surface area contributed by atoms with E-state index in [0.29, 0.717) is 5.16 Å². The second-order valence-corrected chi connectivity index (χ2v) is 5.12. The van der Waals surface area contributed by atoms with Gasteiger partial charge in [0, 0.05) is 0 Å². The normalized spacial score (nSPS) is 11.1. The van der Waals surface area contributed by atoms with Crippen molar-refractivity contribution in [2.45, 2.75) is 24.5 Å². The van der Waals surface area contributed by atoms with E-state index in [1.807, 2.05) is 0 Å². The Kier molecular flexibility index (Phi) is 4.53. The fourth-order valence-electron chi connectivity index (χ4n) is 1.01. The van der Waals surface area contributed by atoms with Crippen LogP contribution in [0.25, 0.3) is 0 Å².